The van der Waals surface area contributed by atoms with Crippen molar-refractivity contribution in [2.24, 2.45) is 4.99 Å². The number of aromatic nitrogens is 3. The third kappa shape index (κ3) is 5.33. The number of benzene rings is 1. The second kappa shape index (κ2) is 10.3. The molecule has 1 atom stereocenters. The molecule has 7 nitrogen and oxygen atoms in total. The van der Waals surface area contributed by atoms with E-state index in [0.717, 1.165) is 50.8 Å². The Morgan fingerprint density at radius 1 is 1.31 bits per heavy atom. The van der Waals surface area contributed by atoms with Crippen LogP contribution in [0.2, 0.25) is 0 Å². The molecule has 2 aromatic rings. The van der Waals surface area contributed by atoms with Gasteiger partial charge in [-0.1, -0.05) is 25.1 Å². The minimum atomic E-state index is 0. The van der Waals surface area contributed by atoms with Gasteiger partial charge in [0, 0.05) is 51.4 Å². The Morgan fingerprint density at radius 3 is 2.85 bits per heavy atom. The summed E-state index contributed by atoms with van der Waals surface area (Å²) >= 11 is 0. The number of para-hydroxylation sites is 1. The van der Waals surface area contributed by atoms with E-state index in [4.69, 9.17) is 0 Å². The van der Waals surface area contributed by atoms with Gasteiger partial charge in [0.1, 0.15) is 12.2 Å². The van der Waals surface area contributed by atoms with Crippen LogP contribution in [-0.2, 0) is 13.0 Å². The Hall–Kier alpha value is -1.84. The molecule has 0 amide bonds. The molecule has 1 fully saturated rings. The van der Waals surface area contributed by atoms with Crippen molar-refractivity contribution in [2.45, 2.75) is 32.4 Å². The molecule has 1 aliphatic rings. The Kier molecular flexibility index (Phi) is 8.14. The maximum atomic E-state index is 4.35. The highest BCUT2D eigenvalue weighted by atomic mass is 127. The summed E-state index contributed by atoms with van der Waals surface area (Å²) in [5, 5.41) is 15.0. The van der Waals surface area contributed by atoms with E-state index in [9.17, 15) is 0 Å². The molecule has 0 saturated carbocycles. The van der Waals surface area contributed by atoms with Crippen molar-refractivity contribution in [2.75, 3.05) is 31.6 Å². The number of halogens is 1. The van der Waals surface area contributed by atoms with Crippen LogP contribution in [0.5, 0.6) is 0 Å². The van der Waals surface area contributed by atoms with Crippen LogP contribution in [0.3, 0.4) is 0 Å². The number of aryl methyl sites for hydroxylation is 1. The summed E-state index contributed by atoms with van der Waals surface area (Å²) in [5.41, 5.74) is 1.29. The topological polar surface area (TPSA) is 70.4 Å². The first-order chi connectivity index (χ1) is 12.3. The monoisotopic (exact) mass is 469 g/mol. The van der Waals surface area contributed by atoms with Crippen molar-refractivity contribution >= 4 is 35.6 Å². The van der Waals surface area contributed by atoms with Crippen LogP contribution in [0, 0.1) is 0 Å². The zero-order valence-electron chi connectivity index (χ0n) is 15.4. The molecule has 0 aliphatic carbocycles. The second-order valence-corrected chi connectivity index (χ2v) is 6.20. The lowest BCUT2D eigenvalue weighted by Gasteiger charge is -2.20. The molecule has 2 heterocycles. The normalized spacial score (nSPS) is 17.1. The predicted octanol–water partition coefficient (Wildman–Crippen LogP) is 1.90. The standard InChI is InChI=1S/C18H27N7.HI/c1-3-17-23-21-14-25(17)12-10-20-18(19-2)22-15-9-11-24(13-15)16-7-5-4-6-8-16;/h4-8,14-15H,3,9-13H2,1-2H3,(H2,19,20,22);1H. The number of hydrogen-bond donors (Lipinski definition) is 2. The molecule has 26 heavy (non-hydrogen) atoms. The SMILES string of the molecule is CCc1nncn1CCNC(=NC)NC1CCN(c2ccccc2)C1.I. The molecule has 1 saturated heterocycles. The molecule has 0 spiro atoms. The van der Waals surface area contributed by atoms with Crippen molar-refractivity contribution in [3.63, 3.8) is 0 Å². The summed E-state index contributed by atoms with van der Waals surface area (Å²) in [6.45, 7) is 5.78. The molecule has 1 unspecified atom stereocenters. The number of hydrogen-bond acceptors (Lipinski definition) is 4. The van der Waals surface area contributed by atoms with Crippen molar-refractivity contribution in [3.05, 3.63) is 42.5 Å². The number of nitrogens with one attached hydrogen (secondary N) is 2. The Labute approximate surface area is 172 Å². The molecular formula is C18H28IN7. The quantitative estimate of drug-likeness (QED) is 0.384. The highest BCUT2D eigenvalue weighted by Crippen LogP contribution is 2.19. The van der Waals surface area contributed by atoms with Gasteiger partial charge in [-0.15, -0.1) is 34.2 Å². The van der Waals surface area contributed by atoms with E-state index >= 15 is 0 Å². The van der Waals surface area contributed by atoms with Gasteiger partial charge in [0.2, 0.25) is 0 Å². The minimum Gasteiger partial charge on any atom is -0.369 e. The average molecular weight is 469 g/mol. The molecule has 1 aliphatic heterocycles. The molecule has 142 valence electrons. The number of rotatable bonds is 6. The number of nitrogens with zero attached hydrogens (tertiary/aromatic N) is 5. The molecule has 3 rings (SSSR count). The summed E-state index contributed by atoms with van der Waals surface area (Å²) in [4.78, 5) is 6.76. The summed E-state index contributed by atoms with van der Waals surface area (Å²) in [6, 6.07) is 11.0. The van der Waals surface area contributed by atoms with Gasteiger partial charge in [0.25, 0.3) is 0 Å². The van der Waals surface area contributed by atoms with E-state index in [1.54, 1.807) is 6.33 Å². The zero-order chi connectivity index (χ0) is 17.5. The second-order valence-electron chi connectivity index (χ2n) is 6.20. The van der Waals surface area contributed by atoms with Crippen LogP contribution >= 0.6 is 24.0 Å². The molecular weight excluding hydrogens is 441 g/mol. The first-order valence-corrected chi connectivity index (χ1v) is 8.94. The minimum absolute atomic E-state index is 0. The molecule has 1 aromatic heterocycles. The van der Waals surface area contributed by atoms with Crippen LogP contribution in [-0.4, -0.2) is 53.4 Å². The fourth-order valence-corrected chi connectivity index (χ4v) is 3.17. The van der Waals surface area contributed by atoms with Crippen LogP contribution in [0.1, 0.15) is 19.2 Å². The zero-order valence-corrected chi connectivity index (χ0v) is 17.8. The van der Waals surface area contributed by atoms with E-state index in [1.807, 2.05) is 7.05 Å². The highest BCUT2D eigenvalue weighted by Gasteiger charge is 2.23. The molecule has 1 aromatic carbocycles. The third-order valence-electron chi connectivity index (χ3n) is 4.53. The Bertz CT molecular complexity index is 686. The van der Waals surface area contributed by atoms with Gasteiger partial charge in [-0.2, -0.15) is 0 Å². The molecule has 8 heteroatoms. The molecule has 2 N–H and O–H groups in total. The van der Waals surface area contributed by atoms with E-state index in [0.29, 0.717) is 6.04 Å². The van der Waals surface area contributed by atoms with Gasteiger partial charge < -0.3 is 20.1 Å². The Morgan fingerprint density at radius 2 is 2.12 bits per heavy atom. The average Bonchev–Trinajstić information content (AvgIpc) is 3.30. The number of aliphatic imine (C=N–C) groups is 1. The van der Waals surface area contributed by atoms with Crippen molar-refractivity contribution in [3.8, 4) is 0 Å². The van der Waals surface area contributed by atoms with E-state index in [2.05, 4.69) is 72.5 Å². The largest absolute Gasteiger partial charge is 0.369 e. The number of anilines is 1. The lowest BCUT2D eigenvalue weighted by atomic mass is 10.3. The highest BCUT2D eigenvalue weighted by molar-refractivity contribution is 14.0. The van der Waals surface area contributed by atoms with Gasteiger partial charge in [-0.05, 0) is 18.6 Å². The summed E-state index contributed by atoms with van der Waals surface area (Å²) < 4.78 is 2.08. The lowest BCUT2D eigenvalue weighted by Crippen LogP contribution is -2.45. The van der Waals surface area contributed by atoms with Gasteiger partial charge in [0.15, 0.2) is 5.96 Å². The third-order valence-corrected chi connectivity index (χ3v) is 4.53. The van der Waals surface area contributed by atoms with Crippen molar-refractivity contribution in [1.29, 1.82) is 0 Å². The van der Waals surface area contributed by atoms with Crippen molar-refractivity contribution < 1.29 is 0 Å². The molecule has 0 bridgehead atoms. The van der Waals surface area contributed by atoms with Gasteiger partial charge in [0.05, 0.1) is 0 Å². The van der Waals surface area contributed by atoms with Crippen LogP contribution < -0.4 is 15.5 Å². The van der Waals surface area contributed by atoms with Crippen LogP contribution in [0.25, 0.3) is 0 Å². The fourth-order valence-electron chi connectivity index (χ4n) is 3.17. The Balaban J connectivity index is 0.00000243. The maximum absolute atomic E-state index is 4.35. The van der Waals surface area contributed by atoms with E-state index in [1.165, 1.54) is 5.69 Å². The van der Waals surface area contributed by atoms with Crippen LogP contribution in [0.4, 0.5) is 5.69 Å². The fraction of sp³-hybridized carbons (Fsp3) is 0.500. The van der Waals surface area contributed by atoms with Gasteiger partial charge in [-0.3, -0.25) is 4.99 Å². The number of guanidine groups is 1. The van der Waals surface area contributed by atoms with Gasteiger partial charge in [-0.25, -0.2) is 0 Å². The first kappa shape index (κ1) is 20.5. The summed E-state index contributed by atoms with van der Waals surface area (Å²) in [6.07, 6.45) is 3.79. The molecule has 0 radical (unpaired) electrons. The van der Waals surface area contributed by atoms with Crippen LogP contribution in [0.15, 0.2) is 41.7 Å². The maximum Gasteiger partial charge on any atom is 0.191 e. The first-order valence-electron chi connectivity index (χ1n) is 8.94. The summed E-state index contributed by atoms with van der Waals surface area (Å²) in [5.74, 6) is 1.87. The van der Waals surface area contributed by atoms with Crippen molar-refractivity contribution in [1.82, 2.24) is 25.4 Å². The summed E-state index contributed by atoms with van der Waals surface area (Å²) in [7, 11) is 1.81. The van der Waals surface area contributed by atoms with E-state index < -0.39 is 0 Å². The van der Waals surface area contributed by atoms with E-state index in [-0.39, 0.29) is 24.0 Å². The smallest absolute Gasteiger partial charge is 0.191 e. The lowest BCUT2D eigenvalue weighted by molar-refractivity contribution is 0.611. The van der Waals surface area contributed by atoms with Gasteiger partial charge >= 0.3 is 0 Å². The predicted molar refractivity (Wildman–Crippen MR) is 116 cm³/mol.